The van der Waals surface area contributed by atoms with Crippen molar-refractivity contribution < 1.29 is 22.7 Å². The van der Waals surface area contributed by atoms with Crippen LogP contribution in [0.25, 0.3) is 0 Å². The molecule has 1 N–H and O–H groups in total. The molecule has 0 spiro atoms. The fourth-order valence-electron chi connectivity index (χ4n) is 3.22. The molecule has 0 aliphatic rings. The molecule has 0 aliphatic heterocycles. The molecule has 174 valence electrons. The minimum Gasteiger partial charge on any atom is -0.495 e. The molecule has 0 saturated carbocycles. The third kappa shape index (κ3) is 5.47. The maximum absolute atomic E-state index is 13.0. The molecule has 0 unspecified atom stereocenters. The smallest absolute Gasteiger partial charge is 0.255 e. The highest BCUT2D eigenvalue weighted by Crippen LogP contribution is 2.29. The minimum atomic E-state index is -3.82. The lowest BCUT2D eigenvalue weighted by atomic mass is 10.1. The summed E-state index contributed by atoms with van der Waals surface area (Å²) in [5, 5.41) is 2.82. The van der Waals surface area contributed by atoms with Gasteiger partial charge in [-0.2, -0.15) is 4.31 Å². The van der Waals surface area contributed by atoms with Crippen molar-refractivity contribution in [3.8, 4) is 17.4 Å². The third-order valence-corrected chi connectivity index (χ3v) is 7.03. The van der Waals surface area contributed by atoms with Crippen molar-refractivity contribution in [1.29, 1.82) is 0 Å². The maximum atomic E-state index is 13.0. The number of methoxy groups -OCH3 is 1. The SMILES string of the molecule is CCN(CC)S(=O)(=O)c1cc(C(=O)Nc2ccc(Oc3cnccn3)cc2C)ccc1OC. The van der Waals surface area contributed by atoms with E-state index in [1.807, 2.05) is 6.92 Å². The molecule has 3 aromatic rings. The van der Waals surface area contributed by atoms with E-state index in [1.165, 1.54) is 42.0 Å². The number of ether oxygens (including phenoxy) is 2. The van der Waals surface area contributed by atoms with Gasteiger partial charge in [-0.1, -0.05) is 13.8 Å². The first-order valence-electron chi connectivity index (χ1n) is 10.3. The van der Waals surface area contributed by atoms with Crippen LogP contribution in [0.2, 0.25) is 0 Å². The standard InChI is InChI=1S/C23H26N4O5S/c1-5-27(6-2)33(29,30)21-14-17(7-10-20(21)31-4)23(28)26-19-9-8-18(13-16(19)3)32-22-15-24-11-12-25-22/h7-15H,5-6H2,1-4H3,(H,26,28). The number of hydrogen-bond acceptors (Lipinski definition) is 7. The van der Waals surface area contributed by atoms with Crippen LogP contribution in [0.5, 0.6) is 17.4 Å². The molecule has 1 amide bonds. The van der Waals surface area contributed by atoms with Gasteiger partial charge in [-0.25, -0.2) is 13.4 Å². The number of aromatic nitrogens is 2. The predicted octanol–water partition coefficient (Wildman–Crippen LogP) is 3.87. The summed E-state index contributed by atoms with van der Waals surface area (Å²) in [5.74, 6) is 0.636. The number of nitrogens with zero attached hydrogens (tertiary/aromatic N) is 3. The van der Waals surface area contributed by atoms with Crippen molar-refractivity contribution >= 4 is 21.6 Å². The van der Waals surface area contributed by atoms with Crippen molar-refractivity contribution in [3.63, 3.8) is 0 Å². The minimum absolute atomic E-state index is 0.0502. The number of anilines is 1. The average molecular weight is 471 g/mol. The van der Waals surface area contributed by atoms with E-state index in [0.29, 0.717) is 30.4 Å². The second kappa shape index (κ2) is 10.4. The summed E-state index contributed by atoms with van der Waals surface area (Å²) in [7, 11) is -2.42. The zero-order valence-corrected chi connectivity index (χ0v) is 19.7. The lowest BCUT2D eigenvalue weighted by molar-refractivity contribution is 0.102. The highest BCUT2D eigenvalue weighted by Gasteiger charge is 2.27. The number of amides is 1. The first kappa shape index (κ1) is 24.1. The van der Waals surface area contributed by atoms with E-state index in [4.69, 9.17) is 9.47 Å². The van der Waals surface area contributed by atoms with Gasteiger partial charge in [0.15, 0.2) is 0 Å². The summed E-state index contributed by atoms with van der Waals surface area (Å²) >= 11 is 0. The number of hydrogen-bond donors (Lipinski definition) is 1. The van der Waals surface area contributed by atoms with Crippen LogP contribution in [0.4, 0.5) is 5.69 Å². The molecule has 0 atom stereocenters. The average Bonchev–Trinajstić information content (AvgIpc) is 2.81. The van der Waals surface area contributed by atoms with Crippen LogP contribution >= 0.6 is 0 Å². The maximum Gasteiger partial charge on any atom is 0.255 e. The predicted molar refractivity (Wildman–Crippen MR) is 124 cm³/mol. The zero-order chi connectivity index (χ0) is 24.0. The molecular formula is C23H26N4O5S. The normalized spacial score (nSPS) is 11.3. The number of sulfonamides is 1. The summed E-state index contributed by atoms with van der Waals surface area (Å²) in [4.78, 5) is 20.9. The summed E-state index contributed by atoms with van der Waals surface area (Å²) in [6.07, 6.45) is 4.58. The van der Waals surface area contributed by atoms with E-state index in [-0.39, 0.29) is 16.2 Å². The summed E-state index contributed by atoms with van der Waals surface area (Å²) in [6, 6.07) is 9.50. The summed E-state index contributed by atoms with van der Waals surface area (Å²) in [5.41, 5.74) is 1.52. The van der Waals surface area contributed by atoms with Crippen LogP contribution in [-0.4, -0.2) is 48.8 Å². The topological polar surface area (TPSA) is 111 Å². The molecule has 0 fully saturated rings. The quantitative estimate of drug-likeness (QED) is 0.505. The van der Waals surface area contributed by atoms with E-state index >= 15 is 0 Å². The Labute approximate surface area is 193 Å². The first-order chi connectivity index (χ1) is 15.8. The Morgan fingerprint density at radius 2 is 1.85 bits per heavy atom. The van der Waals surface area contributed by atoms with Gasteiger partial charge >= 0.3 is 0 Å². The molecular weight excluding hydrogens is 444 g/mol. The van der Waals surface area contributed by atoms with Gasteiger partial charge in [-0.15, -0.1) is 0 Å². The molecule has 0 bridgehead atoms. The van der Waals surface area contributed by atoms with E-state index in [0.717, 1.165) is 5.56 Å². The first-order valence-corrected chi connectivity index (χ1v) is 11.8. The van der Waals surface area contributed by atoms with Crippen LogP contribution in [-0.2, 0) is 10.0 Å². The van der Waals surface area contributed by atoms with Gasteiger partial charge in [0, 0.05) is 36.7 Å². The molecule has 1 heterocycles. The Bertz CT molecular complexity index is 1230. The number of rotatable bonds is 9. The van der Waals surface area contributed by atoms with Gasteiger partial charge in [-0.3, -0.25) is 9.78 Å². The van der Waals surface area contributed by atoms with E-state index in [9.17, 15) is 13.2 Å². The summed E-state index contributed by atoms with van der Waals surface area (Å²) in [6.45, 7) is 5.94. The number of nitrogens with one attached hydrogen (secondary N) is 1. The van der Waals surface area contributed by atoms with Gasteiger partial charge in [0.05, 0.1) is 13.3 Å². The fourth-order valence-corrected chi connectivity index (χ4v) is 4.85. The van der Waals surface area contributed by atoms with Crippen molar-refractivity contribution in [2.75, 3.05) is 25.5 Å². The fraction of sp³-hybridized carbons (Fsp3) is 0.261. The molecule has 2 aromatic carbocycles. The molecule has 0 radical (unpaired) electrons. The lowest BCUT2D eigenvalue weighted by Crippen LogP contribution is -2.31. The molecule has 1 aromatic heterocycles. The number of carbonyl (C=O) groups is 1. The number of aryl methyl sites for hydroxylation is 1. The second-order valence-corrected chi connectivity index (χ2v) is 8.94. The number of carbonyl (C=O) groups excluding carboxylic acids is 1. The van der Waals surface area contributed by atoms with Crippen molar-refractivity contribution in [2.24, 2.45) is 0 Å². The highest BCUT2D eigenvalue weighted by atomic mass is 32.2. The van der Waals surface area contributed by atoms with Crippen molar-refractivity contribution in [1.82, 2.24) is 14.3 Å². The Hall–Kier alpha value is -3.50. The largest absolute Gasteiger partial charge is 0.495 e. The van der Waals surface area contributed by atoms with Crippen LogP contribution in [0.3, 0.4) is 0 Å². The van der Waals surface area contributed by atoms with Gasteiger partial charge < -0.3 is 14.8 Å². The van der Waals surface area contributed by atoms with E-state index < -0.39 is 15.9 Å². The zero-order valence-electron chi connectivity index (χ0n) is 18.9. The van der Waals surface area contributed by atoms with Crippen LogP contribution in [0.1, 0.15) is 29.8 Å². The third-order valence-electron chi connectivity index (χ3n) is 4.96. The van der Waals surface area contributed by atoms with Crippen LogP contribution in [0, 0.1) is 6.92 Å². The Balaban J connectivity index is 1.84. The molecule has 3 rings (SSSR count). The molecule has 0 saturated heterocycles. The van der Waals surface area contributed by atoms with Crippen LogP contribution in [0.15, 0.2) is 59.9 Å². The highest BCUT2D eigenvalue weighted by molar-refractivity contribution is 7.89. The van der Waals surface area contributed by atoms with Crippen molar-refractivity contribution in [2.45, 2.75) is 25.7 Å². The van der Waals surface area contributed by atoms with E-state index in [1.54, 1.807) is 38.2 Å². The van der Waals surface area contributed by atoms with Gasteiger partial charge in [0.2, 0.25) is 15.9 Å². The van der Waals surface area contributed by atoms with Crippen molar-refractivity contribution in [3.05, 3.63) is 66.1 Å². The molecule has 33 heavy (non-hydrogen) atoms. The van der Waals surface area contributed by atoms with Gasteiger partial charge in [-0.05, 0) is 48.9 Å². The second-order valence-electron chi connectivity index (χ2n) is 7.03. The molecule has 0 aliphatic carbocycles. The Morgan fingerprint density at radius 1 is 1.09 bits per heavy atom. The summed E-state index contributed by atoms with van der Waals surface area (Å²) < 4.78 is 38.3. The molecule has 9 nitrogen and oxygen atoms in total. The lowest BCUT2D eigenvalue weighted by Gasteiger charge is -2.20. The number of benzene rings is 2. The molecule has 10 heteroatoms. The van der Waals surface area contributed by atoms with Gasteiger partial charge in [0.25, 0.3) is 5.91 Å². The Kier molecular flexibility index (Phi) is 7.62. The Morgan fingerprint density at radius 3 is 2.45 bits per heavy atom. The monoisotopic (exact) mass is 470 g/mol. The van der Waals surface area contributed by atoms with Crippen LogP contribution < -0.4 is 14.8 Å². The van der Waals surface area contributed by atoms with Gasteiger partial charge in [0.1, 0.15) is 16.4 Å². The van der Waals surface area contributed by atoms with E-state index in [2.05, 4.69) is 15.3 Å².